The monoisotopic (exact) mass is 400 g/mol. The SMILES string of the molecule is CC(CN=[N+]=[N-])c1ccc(NC(=O)N2CCc3cc(C(=O)NO)sc3C2)cc1. The number of fused-ring (bicyclic) bond motifs is 1. The molecule has 10 heteroatoms. The van der Waals surface area contributed by atoms with Crippen LogP contribution in [0.1, 0.15) is 38.5 Å². The summed E-state index contributed by atoms with van der Waals surface area (Å²) in [6.07, 6.45) is 0.661. The molecule has 1 aliphatic heterocycles. The highest BCUT2D eigenvalue weighted by Crippen LogP contribution is 2.28. The first-order valence-corrected chi connectivity index (χ1v) is 9.56. The molecule has 1 unspecified atom stereocenters. The number of rotatable bonds is 5. The van der Waals surface area contributed by atoms with Crippen molar-refractivity contribution in [1.29, 1.82) is 0 Å². The Kier molecular flexibility index (Phi) is 6.15. The number of nitrogens with one attached hydrogen (secondary N) is 2. The molecule has 0 spiro atoms. The number of benzene rings is 1. The average molecular weight is 400 g/mol. The lowest BCUT2D eigenvalue weighted by atomic mass is 10.0. The molecule has 0 aliphatic carbocycles. The molecule has 0 bridgehead atoms. The number of amides is 3. The van der Waals surface area contributed by atoms with E-state index in [2.05, 4.69) is 15.3 Å². The second-order valence-electron chi connectivity index (χ2n) is 6.54. The van der Waals surface area contributed by atoms with Gasteiger partial charge in [0.2, 0.25) is 0 Å². The number of hydroxylamine groups is 1. The van der Waals surface area contributed by atoms with E-state index in [1.807, 2.05) is 31.2 Å². The molecule has 2 heterocycles. The summed E-state index contributed by atoms with van der Waals surface area (Å²) in [6.45, 7) is 3.33. The highest BCUT2D eigenvalue weighted by molar-refractivity contribution is 7.14. The van der Waals surface area contributed by atoms with Crippen molar-refractivity contribution in [3.05, 3.63) is 61.7 Å². The van der Waals surface area contributed by atoms with Crippen molar-refractivity contribution < 1.29 is 14.8 Å². The number of carbonyl (C=O) groups is 2. The first-order valence-electron chi connectivity index (χ1n) is 8.74. The van der Waals surface area contributed by atoms with Gasteiger partial charge in [-0.2, -0.15) is 0 Å². The zero-order valence-electron chi connectivity index (χ0n) is 15.3. The quantitative estimate of drug-likeness (QED) is 0.231. The average Bonchev–Trinajstić information content (AvgIpc) is 3.15. The van der Waals surface area contributed by atoms with E-state index < -0.39 is 5.91 Å². The number of hydrogen-bond acceptors (Lipinski definition) is 5. The maximum Gasteiger partial charge on any atom is 0.322 e. The van der Waals surface area contributed by atoms with Crippen molar-refractivity contribution in [1.82, 2.24) is 10.4 Å². The number of hydrogen-bond donors (Lipinski definition) is 3. The van der Waals surface area contributed by atoms with E-state index in [0.717, 1.165) is 16.0 Å². The van der Waals surface area contributed by atoms with E-state index in [0.29, 0.717) is 36.6 Å². The van der Waals surface area contributed by atoms with Gasteiger partial charge in [0.1, 0.15) is 0 Å². The van der Waals surface area contributed by atoms with Crippen LogP contribution in [0.2, 0.25) is 0 Å². The van der Waals surface area contributed by atoms with E-state index in [1.165, 1.54) is 11.3 Å². The Morgan fingerprint density at radius 2 is 2.14 bits per heavy atom. The fourth-order valence-corrected chi connectivity index (χ4v) is 4.14. The summed E-state index contributed by atoms with van der Waals surface area (Å²) < 4.78 is 0. The van der Waals surface area contributed by atoms with Gasteiger partial charge in [0.15, 0.2) is 0 Å². The Morgan fingerprint density at radius 3 is 2.82 bits per heavy atom. The summed E-state index contributed by atoms with van der Waals surface area (Å²) in [7, 11) is 0. The molecule has 28 heavy (non-hydrogen) atoms. The molecule has 146 valence electrons. The van der Waals surface area contributed by atoms with Crippen molar-refractivity contribution in [2.75, 3.05) is 18.4 Å². The van der Waals surface area contributed by atoms with Crippen LogP contribution < -0.4 is 10.8 Å². The zero-order valence-corrected chi connectivity index (χ0v) is 16.1. The summed E-state index contributed by atoms with van der Waals surface area (Å²) in [4.78, 5) is 30.0. The van der Waals surface area contributed by atoms with Gasteiger partial charge >= 0.3 is 6.03 Å². The minimum Gasteiger partial charge on any atom is -0.319 e. The number of nitrogens with zero attached hydrogens (tertiary/aromatic N) is 4. The van der Waals surface area contributed by atoms with E-state index in [-0.39, 0.29) is 11.9 Å². The second kappa shape index (κ2) is 8.75. The van der Waals surface area contributed by atoms with E-state index in [1.54, 1.807) is 16.4 Å². The second-order valence-corrected chi connectivity index (χ2v) is 7.67. The molecule has 1 aromatic heterocycles. The van der Waals surface area contributed by atoms with Crippen LogP contribution in [0.25, 0.3) is 10.4 Å². The normalized spacial score (nSPS) is 13.9. The molecule has 1 atom stereocenters. The van der Waals surface area contributed by atoms with E-state index in [4.69, 9.17) is 10.7 Å². The Labute approximate surface area is 165 Å². The van der Waals surface area contributed by atoms with Gasteiger partial charge in [0.05, 0.1) is 11.4 Å². The number of thiophene rings is 1. The van der Waals surface area contributed by atoms with Crippen molar-refractivity contribution in [3.8, 4) is 0 Å². The van der Waals surface area contributed by atoms with Crippen LogP contribution in [0.15, 0.2) is 35.4 Å². The lowest BCUT2D eigenvalue weighted by molar-refractivity contribution is 0.0711. The Morgan fingerprint density at radius 1 is 1.39 bits per heavy atom. The van der Waals surface area contributed by atoms with Crippen molar-refractivity contribution in [2.24, 2.45) is 5.11 Å². The predicted molar refractivity (Wildman–Crippen MR) is 106 cm³/mol. The van der Waals surface area contributed by atoms with Gasteiger partial charge in [-0.1, -0.05) is 24.2 Å². The van der Waals surface area contributed by atoms with Crippen LogP contribution in [-0.2, 0) is 13.0 Å². The topological polar surface area (TPSA) is 130 Å². The molecule has 1 aromatic carbocycles. The van der Waals surface area contributed by atoms with Gasteiger partial charge in [-0.15, -0.1) is 11.3 Å². The zero-order chi connectivity index (χ0) is 20.1. The largest absolute Gasteiger partial charge is 0.322 e. The van der Waals surface area contributed by atoms with Gasteiger partial charge in [0.25, 0.3) is 5.91 Å². The minimum atomic E-state index is -0.537. The molecule has 0 saturated heterocycles. The van der Waals surface area contributed by atoms with Gasteiger partial charge < -0.3 is 10.2 Å². The molecule has 1 aliphatic rings. The first kappa shape index (κ1) is 19.7. The maximum atomic E-state index is 12.6. The van der Waals surface area contributed by atoms with Crippen LogP contribution in [0.5, 0.6) is 0 Å². The molecule has 0 fully saturated rings. The third-order valence-corrected chi connectivity index (χ3v) is 5.81. The Balaban J connectivity index is 1.61. The van der Waals surface area contributed by atoms with Gasteiger partial charge in [-0.3, -0.25) is 10.0 Å². The molecule has 0 saturated carbocycles. The van der Waals surface area contributed by atoms with Crippen LogP contribution >= 0.6 is 11.3 Å². The van der Waals surface area contributed by atoms with Crippen LogP contribution in [-0.4, -0.2) is 35.1 Å². The predicted octanol–water partition coefficient (Wildman–Crippen LogP) is 3.87. The molecule has 3 amide bonds. The summed E-state index contributed by atoms with van der Waals surface area (Å²) in [5.41, 5.74) is 12.8. The van der Waals surface area contributed by atoms with Crippen LogP contribution in [0.4, 0.5) is 10.5 Å². The molecule has 3 rings (SSSR count). The standard InChI is InChI=1S/C18H20N6O3S/c1-11(9-20-23-19)12-2-4-14(5-3-12)21-18(26)24-7-6-13-8-15(17(25)22-27)28-16(13)10-24/h2-5,8,11,27H,6-7,9-10H2,1H3,(H,21,26)(H,22,25). The van der Waals surface area contributed by atoms with Crippen LogP contribution in [0, 0.1) is 0 Å². The molecule has 2 aromatic rings. The number of azide groups is 1. The molecule has 3 N–H and O–H groups in total. The Bertz CT molecular complexity index is 920. The lowest BCUT2D eigenvalue weighted by Crippen LogP contribution is -2.38. The number of urea groups is 1. The molecule has 9 nitrogen and oxygen atoms in total. The number of anilines is 1. The third-order valence-electron chi connectivity index (χ3n) is 4.64. The highest BCUT2D eigenvalue weighted by atomic mass is 32.1. The maximum absolute atomic E-state index is 12.6. The lowest BCUT2D eigenvalue weighted by Gasteiger charge is -2.27. The molecule has 0 radical (unpaired) electrons. The summed E-state index contributed by atoms with van der Waals surface area (Å²) in [6, 6.07) is 9.01. The third kappa shape index (κ3) is 4.42. The van der Waals surface area contributed by atoms with Crippen molar-refractivity contribution >= 4 is 29.0 Å². The van der Waals surface area contributed by atoms with Gasteiger partial charge in [-0.25, -0.2) is 10.3 Å². The number of carbonyl (C=O) groups excluding carboxylic acids is 2. The first-order chi connectivity index (χ1) is 13.5. The van der Waals surface area contributed by atoms with Crippen LogP contribution in [0.3, 0.4) is 0 Å². The molecular weight excluding hydrogens is 380 g/mol. The fraction of sp³-hybridized carbons (Fsp3) is 0.333. The smallest absolute Gasteiger partial charge is 0.319 e. The Hall–Kier alpha value is -3.07. The van der Waals surface area contributed by atoms with E-state index in [9.17, 15) is 9.59 Å². The van der Waals surface area contributed by atoms with E-state index >= 15 is 0 Å². The van der Waals surface area contributed by atoms with Gasteiger partial charge in [-0.05, 0) is 47.2 Å². The minimum absolute atomic E-state index is 0.102. The summed E-state index contributed by atoms with van der Waals surface area (Å²) in [5.74, 6) is -0.435. The van der Waals surface area contributed by atoms with Gasteiger partial charge in [0, 0.05) is 28.6 Å². The fourth-order valence-electron chi connectivity index (χ4n) is 3.02. The van der Waals surface area contributed by atoms with Crippen molar-refractivity contribution in [3.63, 3.8) is 0 Å². The summed E-state index contributed by atoms with van der Waals surface area (Å²) >= 11 is 1.28. The highest BCUT2D eigenvalue weighted by Gasteiger charge is 2.24. The summed E-state index contributed by atoms with van der Waals surface area (Å²) in [5, 5.41) is 15.2. The van der Waals surface area contributed by atoms with Crippen molar-refractivity contribution in [2.45, 2.75) is 25.8 Å². The molecular formula is C18H20N6O3S.